The second-order valence-corrected chi connectivity index (χ2v) is 3.50. The molecule has 0 heterocycles. The molecule has 7 heteroatoms. The number of aliphatic carboxylic acids is 1. The molecule has 0 fully saturated rings. The summed E-state index contributed by atoms with van der Waals surface area (Å²) in [5.74, 6) is -1.44. The van der Waals surface area contributed by atoms with E-state index in [0.717, 1.165) is 6.07 Å². The smallest absolute Gasteiger partial charge is 0.387 e. The molecule has 0 bridgehead atoms. The SMILES string of the molecule is N#Cc1cc(CC(=O)O)cc(OC(F)F)c1S. The Balaban J connectivity index is 3.19. The molecule has 0 amide bonds. The average molecular weight is 259 g/mol. The zero-order chi connectivity index (χ0) is 13.0. The quantitative estimate of drug-likeness (QED) is 0.812. The van der Waals surface area contributed by atoms with Crippen LogP contribution >= 0.6 is 12.6 Å². The van der Waals surface area contributed by atoms with Crippen molar-refractivity contribution in [3.63, 3.8) is 0 Å². The number of hydrogen-bond acceptors (Lipinski definition) is 4. The minimum Gasteiger partial charge on any atom is -0.481 e. The van der Waals surface area contributed by atoms with Crippen molar-refractivity contribution in [3.8, 4) is 11.8 Å². The van der Waals surface area contributed by atoms with Crippen LogP contribution in [0.4, 0.5) is 8.78 Å². The van der Waals surface area contributed by atoms with Crippen molar-refractivity contribution in [2.24, 2.45) is 0 Å². The highest BCUT2D eigenvalue weighted by Crippen LogP contribution is 2.29. The number of halogens is 2. The van der Waals surface area contributed by atoms with Gasteiger partial charge in [0.2, 0.25) is 0 Å². The van der Waals surface area contributed by atoms with Crippen molar-refractivity contribution < 1.29 is 23.4 Å². The predicted octanol–water partition coefficient (Wildman–Crippen LogP) is 2.08. The van der Waals surface area contributed by atoms with E-state index in [9.17, 15) is 13.6 Å². The van der Waals surface area contributed by atoms with E-state index in [4.69, 9.17) is 10.4 Å². The molecular weight excluding hydrogens is 252 g/mol. The van der Waals surface area contributed by atoms with Crippen molar-refractivity contribution in [1.82, 2.24) is 0 Å². The molecule has 0 radical (unpaired) electrons. The van der Waals surface area contributed by atoms with Gasteiger partial charge in [-0.3, -0.25) is 4.79 Å². The average Bonchev–Trinajstić information content (AvgIpc) is 2.21. The molecule has 0 aromatic heterocycles. The summed E-state index contributed by atoms with van der Waals surface area (Å²) in [5, 5.41) is 17.3. The summed E-state index contributed by atoms with van der Waals surface area (Å²) in [6, 6.07) is 4.13. The third-order valence-corrected chi connectivity index (χ3v) is 2.29. The normalized spacial score (nSPS) is 10.1. The number of nitrogens with zero attached hydrogens (tertiary/aromatic N) is 1. The number of ether oxygens (including phenoxy) is 1. The Labute approximate surface area is 101 Å². The minimum absolute atomic E-state index is 0.0114. The van der Waals surface area contributed by atoms with Crippen molar-refractivity contribution in [2.75, 3.05) is 0 Å². The molecule has 0 spiro atoms. The molecule has 0 unspecified atom stereocenters. The van der Waals surface area contributed by atoms with E-state index in [2.05, 4.69) is 17.4 Å². The van der Waals surface area contributed by atoms with Crippen molar-refractivity contribution >= 4 is 18.6 Å². The Hall–Kier alpha value is -1.81. The minimum atomic E-state index is -3.06. The van der Waals surface area contributed by atoms with Gasteiger partial charge < -0.3 is 9.84 Å². The van der Waals surface area contributed by atoms with Gasteiger partial charge in [-0.05, 0) is 17.7 Å². The third-order valence-electron chi connectivity index (χ3n) is 1.83. The summed E-state index contributed by atoms with van der Waals surface area (Å²) < 4.78 is 28.3. The van der Waals surface area contributed by atoms with E-state index < -0.39 is 12.6 Å². The number of carboxylic acids is 1. The molecule has 1 aromatic carbocycles. The highest BCUT2D eigenvalue weighted by Gasteiger charge is 2.14. The highest BCUT2D eigenvalue weighted by atomic mass is 32.1. The third kappa shape index (κ3) is 3.60. The highest BCUT2D eigenvalue weighted by molar-refractivity contribution is 7.80. The lowest BCUT2D eigenvalue weighted by Crippen LogP contribution is -2.06. The topological polar surface area (TPSA) is 70.3 Å². The molecule has 1 rings (SSSR count). The fourth-order valence-corrected chi connectivity index (χ4v) is 1.44. The maximum Gasteiger partial charge on any atom is 0.387 e. The van der Waals surface area contributed by atoms with Gasteiger partial charge in [-0.15, -0.1) is 12.6 Å². The monoisotopic (exact) mass is 259 g/mol. The summed E-state index contributed by atoms with van der Waals surface area (Å²) in [6.45, 7) is -3.06. The van der Waals surface area contributed by atoms with E-state index in [-0.39, 0.29) is 28.2 Å². The first-order chi connectivity index (χ1) is 7.93. The zero-order valence-electron chi connectivity index (χ0n) is 8.35. The molecule has 0 aliphatic rings. The predicted molar refractivity (Wildman–Crippen MR) is 56.4 cm³/mol. The van der Waals surface area contributed by atoms with Gasteiger partial charge >= 0.3 is 12.6 Å². The van der Waals surface area contributed by atoms with Crippen LogP contribution in [0.1, 0.15) is 11.1 Å². The van der Waals surface area contributed by atoms with Crippen LogP contribution in [-0.2, 0) is 11.2 Å². The second-order valence-electron chi connectivity index (χ2n) is 3.05. The van der Waals surface area contributed by atoms with E-state index in [1.807, 2.05) is 0 Å². The Morgan fingerprint density at radius 1 is 1.59 bits per heavy atom. The molecule has 1 aromatic rings. The lowest BCUT2D eigenvalue weighted by molar-refractivity contribution is -0.136. The lowest BCUT2D eigenvalue weighted by atomic mass is 10.1. The van der Waals surface area contributed by atoms with Crippen LogP contribution in [0, 0.1) is 11.3 Å². The number of carbonyl (C=O) groups is 1. The molecule has 0 aliphatic carbocycles. The Morgan fingerprint density at radius 2 is 2.24 bits per heavy atom. The molecular formula is C10H7F2NO3S. The van der Waals surface area contributed by atoms with Gasteiger partial charge in [-0.25, -0.2) is 0 Å². The standard InChI is InChI=1S/C10H7F2NO3S/c11-10(12)16-7-2-5(3-8(14)15)1-6(4-13)9(7)17/h1-2,10,17H,3H2,(H,14,15). The summed E-state index contributed by atoms with van der Waals surface area (Å²) in [5.41, 5.74) is 0.185. The van der Waals surface area contributed by atoms with Gasteiger partial charge in [0.05, 0.1) is 16.9 Å². The number of hydrogen-bond donors (Lipinski definition) is 2. The maximum absolute atomic E-state index is 12.1. The lowest BCUT2D eigenvalue weighted by Gasteiger charge is -2.10. The number of benzene rings is 1. The molecule has 4 nitrogen and oxygen atoms in total. The first kappa shape index (κ1) is 13.3. The van der Waals surface area contributed by atoms with Gasteiger partial charge in [0.1, 0.15) is 11.8 Å². The molecule has 90 valence electrons. The summed E-state index contributed by atoms with van der Waals surface area (Å²) >= 11 is 3.88. The Bertz CT molecular complexity index is 485. The molecule has 17 heavy (non-hydrogen) atoms. The van der Waals surface area contributed by atoms with E-state index in [0.29, 0.717) is 0 Å². The van der Waals surface area contributed by atoms with Crippen LogP contribution in [0.3, 0.4) is 0 Å². The van der Waals surface area contributed by atoms with E-state index in [1.165, 1.54) is 6.07 Å². The number of rotatable bonds is 4. The van der Waals surface area contributed by atoms with Crippen LogP contribution in [0.5, 0.6) is 5.75 Å². The zero-order valence-corrected chi connectivity index (χ0v) is 9.25. The number of thiol groups is 1. The van der Waals surface area contributed by atoms with Crippen LogP contribution in [-0.4, -0.2) is 17.7 Å². The van der Waals surface area contributed by atoms with Gasteiger partial charge in [0.15, 0.2) is 0 Å². The van der Waals surface area contributed by atoms with Crippen molar-refractivity contribution in [2.45, 2.75) is 17.9 Å². The fourth-order valence-electron chi connectivity index (χ4n) is 1.21. The van der Waals surface area contributed by atoms with Gasteiger partial charge in [0.25, 0.3) is 0 Å². The van der Waals surface area contributed by atoms with Gasteiger partial charge in [-0.1, -0.05) is 0 Å². The number of alkyl halides is 2. The fraction of sp³-hybridized carbons (Fsp3) is 0.200. The summed E-state index contributed by atoms with van der Waals surface area (Å²) in [4.78, 5) is 10.5. The Kier molecular flexibility index (Phi) is 4.29. The first-order valence-electron chi connectivity index (χ1n) is 4.36. The van der Waals surface area contributed by atoms with Crippen molar-refractivity contribution in [3.05, 3.63) is 23.3 Å². The van der Waals surface area contributed by atoms with Crippen LogP contribution in [0.2, 0.25) is 0 Å². The van der Waals surface area contributed by atoms with Crippen LogP contribution in [0.15, 0.2) is 17.0 Å². The summed E-state index contributed by atoms with van der Waals surface area (Å²) in [6.07, 6.45) is -0.387. The van der Waals surface area contributed by atoms with E-state index >= 15 is 0 Å². The number of carboxylic acid groups (broad SMARTS) is 1. The van der Waals surface area contributed by atoms with Gasteiger partial charge in [0, 0.05) is 0 Å². The van der Waals surface area contributed by atoms with Crippen LogP contribution < -0.4 is 4.74 Å². The Morgan fingerprint density at radius 3 is 2.71 bits per heavy atom. The molecule has 1 N–H and O–H groups in total. The van der Waals surface area contributed by atoms with Crippen LogP contribution in [0.25, 0.3) is 0 Å². The van der Waals surface area contributed by atoms with Gasteiger partial charge in [-0.2, -0.15) is 14.0 Å². The summed E-state index contributed by atoms with van der Waals surface area (Å²) in [7, 11) is 0. The number of nitriles is 1. The second kappa shape index (κ2) is 5.50. The van der Waals surface area contributed by atoms with E-state index in [1.54, 1.807) is 6.07 Å². The first-order valence-corrected chi connectivity index (χ1v) is 4.81. The molecule has 0 saturated heterocycles. The largest absolute Gasteiger partial charge is 0.481 e. The molecule has 0 saturated carbocycles. The molecule has 0 aliphatic heterocycles. The molecule has 0 atom stereocenters. The maximum atomic E-state index is 12.1. The van der Waals surface area contributed by atoms with Crippen molar-refractivity contribution in [1.29, 1.82) is 5.26 Å².